The van der Waals surface area contributed by atoms with E-state index in [1.54, 1.807) is 37.4 Å². The minimum absolute atomic E-state index is 0.242. The summed E-state index contributed by atoms with van der Waals surface area (Å²) in [6, 6.07) is 14.4. The molecule has 0 aliphatic carbocycles. The number of rotatable bonds is 3. The molecule has 0 aliphatic rings. The Balaban J connectivity index is 2.07. The Labute approximate surface area is 121 Å². The first kappa shape index (κ1) is 13.1. The first-order chi connectivity index (χ1) is 10.2. The number of fused-ring (bicyclic) bond motifs is 1. The molecule has 0 fully saturated rings. The molecule has 104 valence electrons. The van der Waals surface area contributed by atoms with E-state index in [1.807, 2.05) is 24.3 Å². The number of hydrogen-bond acceptors (Lipinski definition) is 3. The molecule has 4 heteroatoms. The molecule has 21 heavy (non-hydrogen) atoms. The van der Waals surface area contributed by atoms with Crippen LogP contribution in [-0.4, -0.2) is 16.1 Å². The number of ether oxygens (including phenoxy) is 1. The topological polar surface area (TPSA) is 59.4 Å². The lowest BCUT2D eigenvalue weighted by Crippen LogP contribution is -2.01. The monoisotopic (exact) mass is 279 g/mol. The van der Waals surface area contributed by atoms with Gasteiger partial charge in [-0.25, -0.2) is 4.79 Å². The van der Waals surface area contributed by atoms with E-state index in [0.717, 1.165) is 10.9 Å². The van der Waals surface area contributed by atoms with E-state index in [0.29, 0.717) is 17.1 Å². The van der Waals surface area contributed by atoms with Crippen molar-refractivity contribution in [3.63, 3.8) is 0 Å². The van der Waals surface area contributed by atoms with Gasteiger partial charge in [0.25, 0.3) is 0 Å². The van der Waals surface area contributed by atoms with Crippen LogP contribution in [0.3, 0.4) is 0 Å². The van der Waals surface area contributed by atoms with Gasteiger partial charge in [-0.05, 0) is 37.3 Å². The highest BCUT2D eigenvalue weighted by Gasteiger charge is 2.12. The molecule has 0 radical (unpaired) electrons. The minimum atomic E-state index is -0.961. The van der Waals surface area contributed by atoms with E-state index in [4.69, 9.17) is 9.84 Å². The van der Waals surface area contributed by atoms with E-state index in [-0.39, 0.29) is 5.56 Å². The molecule has 4 nitrogen and oxygen atoms in total. The van der Waals surface area contributed by atoms with Gasteiger partial charge < -0.3 is 9.84 Å². The van der Waals surface area contributed by atoms with Gasteiger partial charge in [0, 0.05) is 17.1 Å². The summed E-state index contributed by atoms with van der Waals surface area (Å²) >= 11 is 0. The highest BCUT2D eigenvalue weighted by Crippen LogP contribution is 2.31. The fourth-order valence-electron chi connectivity index (χ4n) is 2.23. The second kappa shape index (κ2) is 5.25. The first-order valence-electron chi connectivity index (χ1n) is 6.51. The number of nitrogens with zero attached hydrogens (tertiary/aromatic N) is 1. The van der Waals surface area contributed by atoms with Gasteiger partial charge in [0.05, 0.1) is 11.1 Å². The molecular formula is C17H13NO3. The summed E-state index contributed by atoms with van der Waals surface area (Å²) in [5.41, 5.74) is 1.68. The molecule has 3 rings (SSSR count). The van der Waals surface area contributed by atoms with Crippen molar-refractivity contribution in [2.45, 2.75) is 6.92 Å². The number of hydrogen-bond donors (Lipinski definition) is 1. The molecule has 0 amide bonds. The first-order valence-corrected chi connectivity index (χ1v) is 6.51. The number of aromatic carboxylic acids is 1. The summed E-state index contributed by atoms with van der Waals surface area (Å²) in [6.07, 6.45) is 1.67. The zero-order valence-electron chi connectivity index (χ0n) is 11.4. The molecular weight excluding hydrogens is 266 g/mol. The van der Waals surface area contributed by atoms with Gasteiger partial charge in [-0.2, -0.15) is 0 Å². The molecule has 0 bridgehead atoms. The summed E-state index contributed by atoms with van der Waals surface area (Å²) in [4.78, 5) is 15.5. The SMILES string of the molecule is Cc1c(Oc2ccnc3ccccc23)cccc1C(=O)O. The van der Waals surface area contributed by atoms with Crippen LogP contribution < -0.4 is 4.74 Å². The van der Waals surface area contributed by atoms with Gasteiger partial charge in [-0.15, -0.1) is 0 Å². The molecule has 1 heterocycles. The molecule has 1 N–H and O–H groups in total. The Morgan fingerprint density at radius 2 is 1.86 bits per heavy atom. The van der Waals surface area contributed by atoms with Crippen molar-refractivity contribution in [3.05, 3.63) is 65.9 Å². The highest BCUT2D eigenvalue weighted by molar-refractivity contribution is 5.90. The molecule has 0 spiro atoms. The Bertz CT molecular complexity index is 822. The molecule has 0 saturated heterocycles. The van der Waals surface area contributed by atoms with E-state index in [1.165, 1.54) is 0 Å². The number of carboxylic acid groups (broad SMARTS) is 1. The van der Waals surface area contributed by atoms with Crippen LogP contribution in [0.5, 0.6) is 11.5 Å². The number of carboxylic acids is 1. The standard InChI is InChI=1S/C17H13NO3/c1-11-12(17(19)20)6-4-8-15(11)21-16-9-10-18-14-7-3-2-5-13(14)16/h2-10H,1H3,(H,19,20). The number of benzene rings is 2. The van der Waals surface area contributed by atoms with Gasteiger partial charge in [-0.3, -0.25) is 4.98 Å². The van der Waals surface area contributed by atoms with Gasteiger partial charge in [0.1, 0.15) is 11.5 Å². The Hall–Kier alpha value is -2.88. The average Bonchev–Trinajstić information content (AvgIpc) is 2.49. The van der Waals surface area contributed by atoms with Crippen LogP contribution >= 0.6 is 0 Å². The number of para-hydroxylation sites is 1. The van der Waals surface area contributed by atoms with Crippen LogP contribution in [0.2, 0.25) is 0 Å². The molecule has 1 aromatic heterocycles. The van der Waals surface area contributed by atoms with Crippen LogP contribution in [-0.2, 0) is 0 Å². The third-order valence-corrected chi connectivity index (χ3v) is 3.34. The van der Waals surface area contributed by atoms with Gasteiger partial charge in [-0.1, -0.05) is 18.2 Å². The van der Waals surface area contributed by atoms with Crippen molar-refractivity contribution in [1.82, 2.24) is 4.98 Å². The summed E-state index contributed by atoms with van der Waals surface area (Å²) in [5.74, 6) is 0.232. The lowest BCUT2D eigenvalue weighted by Gasteiger charge is -2.12. The third-order valence-electron chi connectivity index (χ3n) is 3.34. The predicted octanol–water partition coefficient (Wildman–Crippen LogP) is 4.03. The van der Waals surface area contributed by atoms with Crippen LogP contribution in [0.4, 0.5) is 0 Å². The van der Waals surface area contributed by atoms with Gasteiger partial charge >= 0.3 is 5.97 Å². The highest BCUT2D eigenvalue weighted by atomic mass is 16.5. The summed E-state index contributed by atoms with van der Waals surface area (Å²) in [6.45, 7) is 1.74. The molecule has 0 atom stereocenters. The Morgan fingerprint density at radius 1 is 1.05 bits per heavy atom. The van der Waals surface area contributed by atoms with Gasteiger partial charge in [0.2, 0.25) is 0 Å². The normalized spacial score (nSPS) is 10.5. The molecule has 0 unspecified atom stereocenters. The van der Waals surface area contributed by atoms with Crippen LogP contribution in [0, 0.1) is 6.92 Å². The van der Waals surface area contributed by atoms with Crippen molar-refractivity contribution in [3.8, 4) is 11.5 Å². The molecule has 2 aromatic carbocycles. The number of pyridine rings is 1. The summed E-state index contributed by atoms with van der Waals surface area (Å²) < 4.78 is 5.91. The molecule has 0 saturated carbocycles. The summed E-state index contributed by atoms with van der Waals surface area (Å²) in [7, 11) is 0. The lowest BCUT2D eigenvalue weighted by molar-refractivity contribution is 0.0695. The zero-order chi connectivity index (χ0) is 14.8. The van der Waals surface area contributed by atoms with Crippen molar-refractivity contribution in [2.75, 3.05) is 0 Å². The van der Waals surface area contributed by atoms with Crippen LogP contribution in [0.15, 0.2) is 54.7 Å². The fraction of sp³-hybridized carbons (Fsp3) is 0.0588. The quantitative estimate of drug-likeness (QED) is 0.786. The minimum Gasteiger partial charge on any atom is -0.478 e. The van der Waals surface area contributed by atoms with Crippen LogP contribution in [0.1, 0.15) is 15.9 Å². The zero-order valence-corrected chi connectivity index (χ0v) is 11.4. The predicted molar refractivity (Wildman–Crippen MR) is 80.0 cm³/mol. The van der Waals surface area contributed by atoms with E-state index >= 15 is 0 Å². The molecule has 3 aromatic rings. The van der Waals surface area contributed by atoms with E-state index in [2.05, 4.69) is 4.98 Å². The largest absolute Gasteiger partial charge is 0.478 e. The maximum absolute atomic E-state index is 11.2. The maximum Gasteiger partial charge on any atom is 0.336 e. The second-order valence-corrected chi connectivity index (χ2v) is 4.66. The smallest absolute Gasteiger partial charge is 0.336 e. The van der Waals surface area contributed by atoms with Gasteiger partial charge in [0.15, 0.2) is 0 Å². The molecule has 0 aliphatic heterocycles. The number of aromatic nitrogens is 1. The van der Waals surface area contributed by atoms with Crippen LogP contribution in [0.25, 0.3) is 10.9 Å². The van der Waals surface area contributed by atoms with E-state index < -0.39 is 5.97 Å². The number of carbonyl (C=O) groups is 1. The van der Waals surface area contributed by atoms with E-state index in [9.17, 15) is 4.79 Å². The summed E-state index contributed by atoms with van der Waals surface area (Å²) in [5, 5.41) is 10.1. The average molecular weight is 279 g/mol. The fourth-order valence-corrected chi connectivity index (χ4v) is 2.23. The maximum atomic E-state index is 11.2. The van der Waals surface area contributed by atoms with Crippen molar-refractivity contribution in [1.29, 1.82) is 0 Å². The Kier molecular flexibility index (Phi) is 3.28. The van der Waals surface area contributed by atoms with Crippen molar-refractivity contribution >= 4 is 16.9 Å². The lowest BCUT2D eigenvalue weighted by atomic mass is 10.1. The van der Waals surface area contributed by atoms with Crippen molar-refractivity contribution in [2.24, 2.45) is 0 Å². The van der Waals surface area contributed by atoms with Crippen molar-refractivity contribution < 1.29 is 14.6 Å². The Morgan fingerprint density at radius 3 is 2.67 bits per heavy atom. The second-order valence-electron chi connectivity index (χ2n) is 4.66. The third kappa shape index (κ3) is 2.43.